The molecule has 1 saturated carbocycles. The summed E-state index contributed by atoms with van der Waals surface area (Å²) in [4.78, 5) is 12.3. The highest BCUT2D eigenvalue weighted by Gasteiger charge is 2.25. The van der Waals surface area contributed by atoms with Crippen molar-refractivity contribution in [1.82, 2.24) is 0 Å². The van der Waals surface area contributed by atoms with Gasteiger partial charge < -0.3 is 9.52 Å². The summed E-state index contributed by atoms with van der Waals surface area (Å²) in [6.07, 6.45) is 2.30. The minimum atomic E-state index is -0.384. The van der Waals surface area contributed by atoms with Crippen LogP contribution in [0.5, 0.6) is 5.75 Å². The number of rotatable bonds is 2. The van der Waals surface area contributed by atoms with Crippen molar-refractivity contribution >= 4 is 22.4 Å². The molecule has 0 spiro atoms. The Kier molecular flexibility index (Phi) is 2.98. The van der Waals surface area contributed by atoms with Crippen LogP contribution in [0.1, 0.15) is 24.3 Å². The molecular weight excluding hydrogens is 300 g/mol. The third kappa shape index (κ3) is 2.28. The quantitative estimate of drug-likeness (QED) is 0.746. The second kappa shape index (κ2) is 4.89. The Morgan fingerprint density at radius 1 is 1.05 bits per heavy atom. The van der Waals surface area contributed by atoms with Gasteiger partial charge in [-0.25, -0.2) is 4.79 Å². The SMILES string of the molecule is O=c1oc(-c2ccc(O)cc2)cc2c(Cl)cc(C3CC3)cc12. The molecule has 4 heteroatoms. The molecule has 0 radical (unpaired) electrons. The van der Waals surface area contributed by atoms with Gasteiger partial charge in [0.15, 0.2) is 0 Å². The molecule has 1 aliphatic carbocycles. The molecule has 110 valence electrons. The summed E-state index contributed by atoms with van der Waals surface area (Å²) in [5, 5.41) is 11.1. The minimum Gasteiger partial charge on any atom is -0.508 e. The van der Waals surface area contributed by atoms with Crippen molar-refractivity contribution in [2.24, 2.45) is 0 Å². The van der Waals surface area contributed by atoms with E-state index in [1.54, 1.807) is 30.3 Å². The molecule has 0 amide bonds. The first-order valence-corrected chi connectivity index (χ1v) is 7.56. The molecule has 0 bridgehead atoms. The van der Waals surface area contributed by atoms with Crippen LogP contribution in [-0.2, 0) is 0 Å². The Morgan fingerprint density at radius 2 is 1.77 bits per heavy atom. The predicted molar refractivity (Wildman–Crippen MR) is 86.6 cm³/mol. The lowest BCUT2D eigenvalue weighted by atomic mass is 10.0. The van der Waals surface area contributed by atoms with Crippen molar-refractivity contribution in [3.63, 3.8) is 0 Å². The maximum absolute atomic E-state index is 12.3. The second-order valence-electron chi connectivity index (χ2n) is 5.68. The first kappa shape index (κ1) is 13.4. The fourth-order valence-corrected chi connectivity index (χ4v) is 2.97. The molecule has 1 fully saturated rings. The molecule has 0 aliphatic heterocycles. The monoisotopic (exact) mass is 312 g/mol. The van der Waals surface area contributed by atoms with Crippen molar-refractivity contribution in [2.45, 2.75) is 18.8 Å². The molecular formula is C18H13ClO3. The van der Waals surface area contributed by atoms with E-state index < -0.39 is 0 Å². The van der Waals surface area contributed by atoms with Gasteiger partial charge in [0, 0.05) is 16.0 Å². The van der Waals surface area contributed by atoms with Crippen LogP contribution < -0.4 is 5.63 Å². The van der Waals surface area contributed by atoms with Gasteiger partial charge in [0.2, 0.25) is 0 Å². The van der Waals surface area contributed by atoms with Crippen LogP contribution in [0, 0.1) is 0 Å². The molecule has 0 saturated heterocycles. The van der Waals surface area contributed by atoms with E-state index in [4.69, 9.17) is 16.0 Å². The summed E-state index contributed by atoms with van der Waals surface area (Å²) in [6, 6.07) is 12.1. The van der Waals surface area contributed by atoms with Crippen molar-refractivity contribution in [1.29, 1.82) is 0 Å². The molecule has 0 atom stereocenters. The van der Waals surface area contributed by atoms with Crippen LogP contribution in [0.3, 0.4) is 0 Å². The summed E-state index contributed by atoms with van der Waals surface area (Å²) < 4.78 is 5.43. The van der Waals surface area contributed by atoms with E-state index in [0.29, 0.717) is 27.5 Å². The standard InChI is InChI=1S/C18H13ClO3/c19-16-8-12(10-1-2-10)7-15-14(16)9-17(22-18(15)21)11-3-5-13(20)6-4-11/h3-10,20H,1-2H2. The van der Waals surface area contributed by atoms with Crippen LogP contribution in [-0.4, -0.2) is 5.11 Å². The lowest BCUT2D eigenvalue weighted by molar-refractivity contribution is 0.475. The average Bonchev–Trinajstić information content (AvgIpc) is 3.33. The van der Waals surface area contributed by atoms with Gasteiger partial charge in [0.05, 0.1) is 5.39 Å². The number of phenols is 1. The van der Waals surface area contributed by atoms with E-state index in [2.05, 4.69) is 0 Å². The maximum Gasteiger partial charge on any atom is 0.344 e. The van der Waals surface area contributed by atoms with Crippen LogP contribution in [0.15, 0.2) is 51.7 Å². The zero-order chi connectivity index (χ0) is 15.3. The third-order valence-corrected chi connectivity index (χ3v) is 4.36. The number of aromatic hydroxyl groups is 1. The summed E-state index contributed by atoms with van der Waals surface area (Å²) in [5.74, 6) is 1.13. The van der Waals surface area contributed by atoms with Gasteiger partial charge in [0.25, 0.3) is 0 Å². The topological polar surface area (TPSA) is 50.4 Å². The normalized spacial score (nSPS) is 14.4. The summed E-state index contributed by atoms with van der Waals surface area (Å²) in [5.41, 5.74) is 1.45. The largest absolute Gasteiger partial charge is 0.508 e. The number of fused-ring (bicyclic) bond motifs is 1. The highest BCUT2D eigenvalue weighted by atomic mass is 35.5. The molecule has 4 rings (SSSR count). The molecule has 0 unspecified atom stereocenters. The zero-order valence-corrected chi connectivity index (χ0v) is 12.4. The Hall–Kier alpha value is -2.26. The molecule has 1 heterocycles. The highest BCUT2D eigenvalue weighted by Crippen LogP contribution is 2.42. The fraction of sp³-hybridized carbons (Fsp3) is 0.167. The van der Waals surface area contributed by atoms with Crippen molar-refractivity contribution in [3.8, 4) is 17.1 Å². The van der Waals surface area contributed by atoms with Gasteiger partial charge in [-0.1, -0.05) is 11.6 Å². The molecule has 1 aliphatic rings. The van der Waals surface area contributed by atoms with Crippen LogP contribution in [0.2, 0.25) is 5.02 Å². The van der Waals surface area contributed by atoms with Crippen LogP contribution in [0.25, 0.3) is 22.1 Å². The van der Waals surface area contributed by atoms with Crippen molar-refractivity contribution < 1.29 is 9.52 Å². The van der Waals surface area contributed by atoms with Crippen LogP contribution >= 0.6 is 11.6 Å². The molecule has 1 aromatic heterocycles. The Labute approximate surface area is 131 Å². The number of hydrogen-bond donors (Lipinski definition) is 1. The van der Waals surface area contributed by atoms with E-state index in [1.165, 1.54) is 0 Å². The minimum absolute atomic E-state index is 0.166. The van der Waals surface area contributed by atoms with Gasteiger partial charge in [-0.05, 0) is 66.8 Å². The lowest BCUT2D eigenvalue weighted by Crippen LogP contribution is -2.01. The first-order valence-electron chi connectivity index (χ1n) is 7.18. The van der Waals surface area contributed by atoms with Crippen molar-refractivity contribution in [3.05, 3.63) is 63.5 Å². The number of hydrogen-bond acceptors (Lipinski definition) is 3. The number of benzene rings is 2. The van der Waals surface area contributed by atoms with E-state index in [0.717, 1.165) is 24.0 Å². The van der Waals surface area contributed by atoms with E-state index in [9.17, 15) is 9.90 Å². The Balaban J connectivity index is 1.92. The molecule has 1 N–H and O–H groups in total. The summed E-state index contributed by atoms with van der Waals surface area (Å²) in [7, 11) is 0. The van der Waals surface area contributed by atoms with Crippen molar-refractivity contribution in [2.75, 3.05) is 0 Å². The first-order chi connectivity index (χ1) is 10.6. The van der Waals surface area contributed by atoms with Gasteiger partial charge >= 0.3 is 5.63 Å². The Bertz CT molecular complexity index is 921. The third-order valence-electron chi connectivity index (χ3n) is 4.05. The maximum atomic E-state index is 12.3. The van der Waals surface area contributed by atoms with Gasteiger partial charge in [-0.2, -0.15) is 0 Å². The van der Waals surface area contributed by atoms with E-state index in [1.807, 2.05) is 12.1 Å². The smallest absolute Gasteiger partial charge is 0.344 e. The highest BCUT2D eigenvalue weighted by molar-refractivity contribution is 6.35. The van der Waals surface area contributed by atoms with Gasteiger partial charge in [0.1, 0.15) is 11.5 Å². The second-order valence-corrected chi connectivity index (χ2v) is 6.09. The molecule has 3 nitrogen and oxygen atoms in total. The predicted octanol–water partition coefficient (Wildman–Crippen LogP) is 4.70. The van der Waals surface area contributed by atoms with E-state index >= 15 is 0 Å². The molecule has 2 aromatic carbocycles. The fourth-order valence-electron chi connectivity index (χ4n) is 2.69. The van der Waals surface area contributed by atoms with E-state index in [-0.39, 0.29) is 11.4 Å². The molecule has 22 heavy (non-hydrogen) atoms. The van der Waals surface area contributed by atoms with Crippen LogP contribution in [0.4, 0.5) is 0 Å². The zero-order valence-electron chi connectivity index (χ0n) is 11.7. The summed E-state index contributed by atoms with van der Waals surface area (Å²) in [6.45, 7) is 0. The summed E-state index contributed by atoms with van der Waals surface area (Å²) >= 11 is 6.37. The number of halogens is 1. The molecule has 3 aromatic rings. The van der Waals surface area contributed by atoms with Gasteiger partial charge in [-0.15, -0.1) is 0 Å². The average molecular weight is 313 g/mol. The number of phenolic OH excluding ortho intramolecular Hbond substituents is 1. The lowest BCUT2D eigenvalue weighted by Gasteiger charge is -2.07. The van der Waals surface area contributed by atoms with Gasteiger partial charge in [-0.3, -0.25) is 0 Å². The Morgan fingerprint density at radius 3 is 2.45 bits per heavy atom.